The molecule has 2 aromatic rings. The molecule has 2 aromatic carbocycles. The van der Waals surface area contributed by atoms with Gasteiger partial charge in [-0.1, -0.05) is 38.1 Å². The third-order valence-corrected chi connectivity index (χ3v) is 4.99. The summed E-state index contributed by atoms with van der Waals surface area (Å²) >= 11 is 6.60. The van der Waals surface area contributed by atoms with Crippen molar-refractivity contribution in [2.24, 2.45) is 5.92 Å². The van der Waals surface area contributed by atoms with Crippen LogP contribution in [-0.4, -0.2) is 6.61 Å². The average molecular weight is 354 g/mol. The van der Waals surface area contributed by atoms with E-state index in [0.29, 0.717) is 24.0 Å². The molecule has 0 aliphatic carbocycles. The molecule has 0 saturated heterocycles. The minimum Gasteiger partial charge on any atom is -0.264 e. The predicted octanol–water partition coefficient (Wildman–Crippen LogP) is 6.35. The minimum atomic E-state index is -3.03. The van der Waals surface area contributed by atoms with Crippen molar-refractivity contribution in [3.63, 3.8) is 0 Å². The van der Waals surface area contributed by atoms with Crippen molar-refractivity contribution in [1.82, 2.24) is 0 Å². The van der Waals surface area contributed by atoms with E-state index < -0.39 is 7.30 Å². The number of hydrogen-bond donors (Lipinski definition) is 0. The highest BCUT2D eigenvalue weighted by Crippen LogP contribution is 2.65. The molecule has 0 heterocycles. The average Bonchev–Trinajstić information content (AvgIpc) is 2.45. The molecule has 0 aromatic heterocycles. The van der Waals surface area contributed by atoms with E-state index in [0.717, 1.165) is 11.1 Å². The van der Waals surface area contributed by atoms with Crippen LogP contribution in [0.4, 0.5) is 0 Å². The van der Waals surface area contributed by atoms with Crippen LogP contribution >= 0.6 is 18.5 Å². The molecule has 0 spiro atoms. The third-order valence-electron chi connectivity index (χ3n) is 2.97. The Hall–Kier alpha value is -1.28. The van der Waals surface area contributed by atoms with E-state index >= 15 is 0 Å². The highest BCUT2D eigenvalue weighted by Gasteiger charge is 2.48. The molecule has 0 aliphatic rings. The van der Waals surface area contributed by atoms with Gasteiger partial charge in [-0.3, -0.25) is 9.05 Å². The molecule has 124 valence electrons. The molecule has 0 amide bonds. The topological polar surface area (TPSA) is 27.7 Å². The fourth-order valence-electron chi connectivity index (χ4n) is 1.91. The summed E-state index contributed by atoms with van der Waals surface area (Å²) in [4.78, 5) is 0. The van der Waals surface area contributed by atoms with Crippen molar-refractivity contribution < 1.29 is 13.6 Å². The van der Waals surface area contributed by atoms with Crippen LogP contribution in [0.1, 0.15) is 25.0 Å². The van der Waals surface area contributed by atoms with Crippen LogP contribution in [0.25, 0.3) is 0 Å². The molecule has 23 heavy (non-hydrogen) atoms. The van der Waals surface area contributed by atoms with E-state index in [1.54, 1.807) is 0 Å². The van der Waals surface area contributed by atoms with Crippen molar-refractivity contribution in [2.75, 3.05) is 6.61 Å². The summed E-state index contributed by atoms with van der Waals surface area (Å²) in [5, 5.41) is 0. The molecule has 0 saturated carbocycles. The second-order valence-electron chi connectivity index (χ2n) is 5.94. The minimum absolute atomic E-state index is 0.329. The maximum absolute atomic E-state index is 6.60. The van der Waals surface area contributed by atoms with Crippen molar-refractivity contribution >= 4 is 18.5 Å². The molecule has 0 aliphatic heterocycles. The lowest BCUT2D eigenvalue weighted by atomic mass is 10.2. The number of aryl methyl sites for hydroxylation is 2. The van der Waals surface area contributed by atoms with Gasteiger partial charge < -0.3 is 0 Å². The molecular formula is C18H23ClO3P+. The molecule has 0 radical (unpaired) electrons. The van der Waals surface area contributed by atoms with Gasteiger partial charge in [-0.2, -0.15) is 0 Å². The molecule has 5 heteroatoms. The van der Waals surface area contributed by atoms with Crippen LogP contribution in [0.2, 0.25) is 0 Å². The molecule has 0 bridgehead atoms. The standard InChI is InChI=1S/C18H23ClO3P/c1-14(2)13-20-23(19,21-17-9-5-7-15(3)11-17)22-18-10-6-8-16(4)12-18/h5-12,14H,13H2,1-4H3/q+1. The summed E-state index contributed by atoms with van der Waals surface area (Å²) in [5.41, 5.74) is 2.18. The van der Waals surface area contributed by atoms with E-state index in [1.165, 1.54) is 0 Å². The first-order valence-corrected chi connectivity index (χ1v) is 10.1. The van der Waals surface area contributed by atoms with Gasteiger partial charge in [0, 0.05) is 0 Å². The zero-order chi connectivity index (χ0) is 16.9. The Morgan fingerprint density at radius 2 is 1.39 bits per heavy atom. The first-order valence-electron chi connectivity index (χ1n) is 7.62. The van der Waals surface area contributed by atoms with Crippen molar-refractivity contribution in [1.29, 1.82) is 0 Å². The van der Waals surface area contributed by atoms with Crippen LogP contribution in [0, 0.1) is 19.8 Å². The van der Waals surface area contributed by atoms with Crippen LogP contribution in [-0.2, 0) is 4.52 Å². The third kappa shape index (κ3) is 6.02. The summed E-state index contributed by atoms with van der Waals surface area (Å²) in [7, 11) is -3.03. The summed E-state index contributed by atoms with van der Waals surface area (Å²) < 4.78 is 17.6. The van der Waals surface area contributed by atoms with Crippen molar-refractivity contribution in [3.8, 4) is 11.5 Å². The highest BCUT2D eigenvalue weighted by molar-refractivity contribution is 7.88. The van der Waals surface area contributed by atoms with Crippen molar-refractivity contribution in [3.05, 3.63) is 59.7 Å². The van der Waals surface area contributed by atoms with E-state index in [1.807, 2.05) is 62.4 Å². The molecule has 0 N–H and O–H groups in total. The molecule has 0 fully saturated rings. The van der Waals surface area contributed by atoms with E-state index in [2.05, 4.69) is 13.8 Å². The van der Waals surface area contributed by atoms with Crippen molar-refractivity contribution in [2.45, 2.75) is 27.7 Å². The van der Waals surface area contributed by atoms with Crippen LogP contribution in [0.5, 0.6) is 11.5 Å². The highest BCUT2D eigenvalue weighted by atomic mass is 35.7. The summed E-state index contributed by atoms with van der Waals surface area (Å²) in [6, 6.07) is 15.4. The number of halogens is 1. The first kappa shape index (κ1) is 18.1. The fraction of sp³-hybridized carbons (Fsp3) is 0.333. The molecule has 0 unspecified atom stereocenters. The molecular weight excluding hydrogens is 331 g/mol. The Balaban J connectivity index is 2.20. The predicted molar refractivity (Wildman–Crippen MR) is 97.2 cm³/mol. The van der Waals surface area contributed by atoms with Crippen LogP contribution < -0.4 is 9.05 Å². The lowest BCUT2D eigenvalue weighted by Crippen LogP contribution is -2.11. The Bertz CT molecular complexity index is 598. The van der Waals surface area contributed by atoms with Gasteiger partial charge in [0.1, 0.15) is 6.61 Å². The Labute approximate surface area is 143 Å². The number of hydrogen-bond acceptors (Lipinski definition) is 3. The van der Waals surface area contributed by atoms with Crippen LogP contribution in [0.3, 0.4) is 0 Å². The monoisotopic (exact) mass is 353 g/mol. The van der Waals surface area contributed by atoms with Gasteiger partial charge in [-0.25, -0.2) is 0 Å². The molecule has 2 rings (SSSR count). The lowest BCUT2D eigenvalue weighted by molar-refractivity contribution is 0.227. The quantitative estimate of drug-likeness (QED) is 0.543. The van der Waals surface area contributed by atoms with Gasteiger partial charge in [0.25, 0.3) is 0 Å². The fourth-order valence-corrected chi connectivity index (χ4v) is 3.90. The Morgan fingerprint density at radius 3 is 1.78 bits per heavy atom. The van der Waals surface area contributed by atoms with Crippen LogP contribution in [0.15, 0.2) is 48.5 Å². The van der Waals surface area contributed by atoms with Gasteiger partial charge in [-0.05, 0) is 55.2 Å². The molecule has 3 nitrogen and oxygen atoms in total. The maximum atomic E-state index is 6.60. The maximum Gasteiger partial charge on any atom is 0.614 e. The van der Waals surface area contributed by atoms with Gasteiger partial charge >= 0.3 is 7.30 Å². The van der Waals surface area contributed by atoms with Gasteiger partial charge in [0.2, 0.25) is 11.2 Å². The Kier molecular flexibility index (Phi) is 6.29. The summed E-state index contributed by atoms with van der Waals surface area (Å²) in [5.74, 6) is 1.62. The molecule has 0 atom stereocenters. The van der Waals surface area contributed by atoms with Gasteiger partial charge in [0.05, 0.1) is 0 Å². The first-order chi connectivity index (χ1) is 10.9. The van der Waals surface area contributed by atoms with E-state index in [-0.39, 0.29) is 0 Å². The second-order valence-corrected chi connectivity index (χ2v) is 8.66. The van der Waals surface area contributed by atoms with Gasteiger partial charge in [0.15, 0.2) is 11.5 Å². The normalized spacial score (nSPS) is 11.6. The zero-order valence-electron chi connectivity index (χ0n) is 14.0. The number of benzene rings is 2. The summed E-state index contributed by atoms with van der Waals surface area (Å²) in [6.07, 6.45) is 0. The smallest absolute Gasteiger partial charge is 0.264 e. The van der Waals surface area contributed by atoms with E-state index in [4.69, 9.17) is 24.8 Å². The van der Waals surface area contributed by atoms with E-state index in [9.17, 15) is 0 Å². The zero-order valence-corrected chi connectivity index (χ0v) is 15.6. The Morgan fingerprint density at radius 1 is 0.913 bits per heavy atom. The number of rotatable bonds is 7. The van der Waals surface area contributed by atoms with Gasteiger partial charge in [-0.15, -0.1) is 4.52 Å². The SMILES string of the molecule is Cc1cccc(O[P+](Cl)(OCC(C)C)Oc2cccc(C)c2)c1. The largest absolute Gasteiger partial charge is 0.614 e. The second kappa shape index (κ2) is 8.01. The summed E-state index contributed by atoms with van der Waals surface area (Å²) in [6.45, 7) is 8.57. The lowest BCUT2D eigenvalue weighted by Gasteiger charge is -2.17.